The van der Waals surface area contributed by atoms with Gasteiger partial charge < -0.3 is 5.73 Å². The highest BCUT2D eigenvalue weighted by atomic mass is 79.9. The first-order valence-corrected chi connectivity index (χ1v) is 5.23. The van der Waals surface area contributed by atoms with E-state index in [1.165, 1.54) is 6.33 Å². The zero-order valence-electron chi connectivity index (χ0n) is 6.85. The maximum Gasteiger partial charge on any atom is 0.170 e. The lowest BCUT2D eigenvalue weighted by Crippen LogP contribution is -2.00. The summed E-state index contributed by atoms with van der Waals surface area (Å²) in [6, 6.07) is 0. The van der Waals surface area contributed by atoms with Gasteiger partial charge in [-0.05, 0) is 31.9 Å². The van der Waals surface area contributed by atoms with E-state index in [1.807, 2.05) is 0 Å². The van der Waals surface area contributed by atoms with Gasteiger partial charge in [-0.1, -0.05) is 0 Å². The zero-order valence-corrected chi connectivity index (χ0v) is 10.0. The molecular weight excluding hydrogens is 314 g/mol. The monoisotopic (exact) mass is 317 g/mol. The molecule has 2 N–H and O–H groups in total. The van der Waals surface area contributed by atoms with Crippen LogP contribution < -0.4 is 5.73 Å². The predicted molar refractivity (Wildman–Crippen MR) is 59.0 cm³/mol. The molecule has 2 rings (SSSR count). The molecule has 2 aromatic heterocycles. The number of nitrogens with zero attached hydrogens (tertiary/aromatic N) is 4. The van der Waals surface area contributed by atoms with Gasteiger partial charge in [0.2, 0.25) is 0 Å². The van der Waals surface area contributed by atoms with Crippen LogP contribution in [0.5, 0.6) is 0 Å². The Labute approximate surface area is 96.6 Å². The number of nitrogen functional groups attached to an aromatic ring is 1. The Morgan fingerprint density at radius 3 is 2.64 bits per heavy atom. The lowest BCUT2D eigenvalue weighted by atomic mass is 10.6. The quantitative estimate of drug-likeness (QED) is 0.870. The van der Waals surface area contributed by atoms with Crippen LogP contribution in [0.15, 0.2) is 27.7 Å². The Morgan fingerprint density at radius 2 is 2.07 bits per heavy atom. The number of nitrogens with two attached hydrogens (primary N) is 1. The fourth-order valence-corrected chi connectivity index (χ4v) is 1.62. The molecule has 0 fully saturated rings. The minimum Gasteiger partial charge on any atom is -0.381 e. The SMILES string of the molecule is Nc1nn(-c2ncncc2Br)cc1Br. The van der Waals surface area contributed by atoms with Crippen molar-refractivity contribution < 1.29 is 0 Å². The van der Waals surface area contributed by atoms with Gasteiger partial charge in [0.25, 0.3) is 0 Å². The molecule has 72 valence electrons. The van der Waals surface area contributed by atoms with Gasteiger partial charge >= 0.3 is 0 Å². The second-order valence-corrected chi connectivity index (χ2v) is 4.21. The number of halogens is 2. The molecule has 7 heteroatoms. The van der Waals surface area contributed by atoms with Gasteiger partial charge in [-0.3, -0.25) is 0 Å². The minimum absolute atomic E-state index is 0.426. The van der Waals surface area contributed by atoms with Gasteiger partial charge in [-0.15, -0.1) is 5.10 Å². The second kappa shape index (κ2) is 3.66. The molecule has 0 radical (unpaired) electrons. The molecule has 2 heterocycles. The van der Waals surface area contributed by atoms with Crippen LogP contribution in [0.1, 0.15) is 0 Å². The van der Waals surface area contributed by atoms with Crippen LogP contribution in [0.3, 0.4) is 0 Å². The van der Waals surface area contributed by atoms with E-state index in [2.05, 4.69) is 46.9 Å². The van der Waals surface area contributed by atoms with E-state index in [0.717, 1.165) is 8.95 Å². The molecule has 0 saturated heterocycles. The highest BCUT2D eigenvalue weighted by Gasteiger charge is 2.07. The van der Waals surface area contributed by atoms with E-state index < -0.39 is 0 Å². The molecule has 0 aliphatic rings. The number of hydrogen-bond donors (Lipinski definition) is 1. The maximum atomic E-state index is 5.59. The predicted octanol–water partition coefficient (Wildman–Crippen LogP) is 1.77. The summed E-state index contributed by atoms with van der Waals surface area (Å²) in [6.45, 7) is 0. The summed E-state index contributed by atoms with van der Waals surface area (Å²) in [5.41, 5.74) is 5.59. The minimum atomic E-state index is 0.426. The first-order chi connectivity index (χ1) is 6.68. The fourth-order valence-electron chi connectivity index (χ4n) is 0.949. The summed E-state index contributed by atoms with van der Waals surface area (Å²) in [7, 11) is 0. The molecule has 0 amide bonds. The third-order valence-electron chi connectivity index (χ3n) is 1.56. The molecule has 0 aliphatic heterocycles. The largest absolute Gasteiger partial charge is 0.381 e. The van der Waals surface area contributed by atoms with Crippen molar-refractivity contribution in [3.05, 3.63) is 27.7 Å². The number of hydrogen-bond acceptors (Lipinski definition) is 4. The molecule has 0 bridgehead atoms. The van der Waals surface area contributed by atoms with Crippen molar-refractivity contribution in [2.45, 2.75) is 0 Å². The van der Waals surface area contributed by atoms with Crippen LogP contribution in [0, 0.1) is 0 Å². The van der Waals surface area contributed by atoms with Crippen molar-refractivity contribution in [1.29, 1.82) is 0 Å². The van der Waals surface area contributed by atoms with Crippen LogP contribution in [-0.4, -0.2) is 19.7 Å². The van der Waals surface area contributed by atoms with E-state index in [-0.39, 0.29) is 0 Å². The molecule has 14 heavy (non-hydrogen) atoms. The summed E-state index contributed by atoms with van der Waals surface area (Å²) in [4.78, 5) is 7.93. The van der Waals surface area contributed by atoms with Crippen LogP contribution in [-0.2, 0) is 0 Å². The summed E-state index contributed by atoms with van der Waals surface area (Å²) in [6.07, 6.45) is 4.84. The van der Waals surface area contributed by atoms with Crippen LogP contribution in [0.25, 0.3) is 5.82 Å². The average Bonchev–Trinajstić information content (AvgIpc) is 2.48. The molecule has 0 saturated carbocycles. The summed E-state index contributed by atoms with van der Waals surface area (Å²) >= 11 is 6.60. The Kier molecular flexibility index (Phi) is 2.51. The van der Waals surface area contributed by atoms with Gasteiger partial charge in [-0.2, -0.15) is 0 Å². The standard InChI is InChI=1S/C7H5Br2N5/c8-4-1-11-3-12-7(4)14-2-5(9)6(10)13-14/h1-3H,(H2,10,13). The first-order valence-electron chi connectivity index (χ1n) is 3.65. The van der Waals surface area contributed by atoms with E-state index in [4.69, 9.17) is 5.73 Å². The molecule has 0 aromatic carbocycles. The number of anilines is 1. The molecule has 0 unspecified atom stereocenters. The molecular formula is C7H5Br2N5. The number of aromatic nitrogens is 4. The third-order valence-corrected chi connectivity index (χ3v) is 2.73. The Bertz CT molecular complexity index is 447. The van der Waals surface area contributed by atoms with E-state index in [1.54, 1.807) is 17.1 Å². The average molecular weight is 319 g/mol. The van der Waals surface area contributed by atoms with Crippen molar-refractivity contribution in [2.24, 2.45) is 0 Å². The van der Waals surface area contributed by atoms with Crippen molar-refractivity contribution in [2.75, 3.05) is 5.73 Å². The highest BCUT2D eigenvalue weighted by molar-refractivity contribution is 9.11. The van der Waals surface area contributed by atoms with Crippen molar-refractivity contribution in [1.82, 2.24) is 19.7 Å². The lowest BCUT2D eigenvalue weighted by Gasteiger charge is -2.00. The van der Waals surface area contributed by atoms with Crippen molar-refractivity contribution in [3.8, 4) is 5.82 Å². The van der Waals surface area contributed by atoms with Gasteiger partial charge in [0, 0.05) is 12.4 Å². The molecule has 2 aromatic rings. The Hall–Kier alpha value is -0.950. The highest BCUT2D eigenvalue weighted by Crippen LogP contribution is 2.21. The van der Waals surface area contributed by atoms with Crippen LogP contribution in [0.4, 0.5) is 5.82 Å². The maximum absolute atomic E-state index is 5.59. The molecule has 0 spiro atoms. The lowest BCUT2D eigenvalue weighted by molar-refractivity contribution is 0.837. The van der Waals surface area contributed by atoms with E-state index in [9.17, 15) is 0 Å². The van der Waals surface area contributed by atoms with E-state index >= 15 is 0 Å². The molecule has 5 nitrogen and oxygen atoms in total. The smallest absolute Gasteiger partial charge is 0.170 e. The van der Waals surface area contributed by atoms with Gasteiger partial charge in [0.05, 0.1) is 8.95 Å². The van der Waals surface area contributed by atoms with Crippen molar-refractivity contribution >= 4 is 37.7 Å². The van der Waals surface area contributed by atoms with Crippen LogP contribution >= 0.6 is 31.9 Å². The third kappa shape index (κ3) is 1.64. The Balaban J connectivity index is 2.55. The summed E-state index contributed by atoms with van der Waals surface area (Å²) in [5.74, 6) is 1.08. The normalized spacial score (nSPS) is 10.4. The molecule has 0 aliphatic carbocycles. The summed E-state index contributed by atoms with van der Waals surface area (Å²) < 4.78 is 3.07. The van der Waals surface area contributed by atoms with Gasteiger partial charge in [-0.25, -0.2) is 14.6 Å². The fraction of sp³-hybridized carbons (Fsp3) is 0. The van der Waals surface area contributed by atoms with E-state index in [0.29, 0.717) is 11.6 Å². The molecule has 0 atom stereocenters. The van der Waals surface area contributed by atoms with Gasteiger partial charge in [0.1, 0.15) is 6.33 Å². The van der Waals surface area contributed by atoms with Crippen LogP contribution in [0.2, 0.25) is 0 Å². The Morgan fingerprint density at radius 1 is 1.29 bits per heavy atom. The zero-order chi connectivity index (χ0) is 10.1. The number of rotatable bonds is 1. The van der Waals surface area contributed by atoms with Crippen molar-refractivity contribution in [3.63, 3.8) is 0 Å². The topological polar surface area (TPSA) is 69.6 Å². The summed E-state index contributed by atoms with van der Waals surface area (Å²) in [5, 5.41) is 4.07. The first kappa shape index (κ1) is 9.60. The second-order valence-electron chi connectivity index (χ2n) is 2.50. The van der Waals surface area contributed by atoms with Gasteiger partial charge in [0.15, 0.2) is 11.6 Å².